The molecule has 19 heavy (non-hydrogen) atoms. The van der Waals surface area contributed by atoms with Gasteiger partial charge in [-0.15, -0.1) is 0 Å². The summed E-state index contributed by atoms with van der Waals surface area (Å²) in [4.78, 5) is 13.1. The molecule has 1 aromatic carbocycles. The van der Waals surface area contributed by atoms with Crippen molar-refractivity contribution in [3.63, 3.8) is 0 Å². The highest BCUT2D eigenvalue weighted by Gasteiger charge is 2.15. The molecule has 0 amide bonds. The van der Waals surface area contributed by atoms with Gasteiger partial charge >= 0.3 is 5.97 Å². The summed E-state index contributed by atoms with van der Waals surface area (Å²) < 4.78 is 17.9. The van der Waals surface area contributed by atoms with Crippen LogP contribution in [0, 0.1) is 5.82 Å². The Kier molecular flexibility index (Phi) is 6.29. The van der Waals surface area contributed by atoms with E-state index in [-0.39, 0.29) is 18.8 Å². The summed E-state index contributed by atoms with van der Waals surface area (Å²) in [6.45, 7) is 4.80. The minimum Gasteiger partial charge on any atom is -0.466 e. The maximum Gasteiger partial charge on any atom is 0.308 e. The third-order valence-corrected chi connectivity index (χ3v) is 2.69. The number of benzene rings is 1. The molecule has 1 N–H and O–H groups in total. The van der Waals surface area contributed by atoms with Crippen molar-refractivity contribution < 1.29 is 19.0 Å². The van der Waals surface area contributed by atoms with E-state index in [1.165, 1.54) is 12.1 Å². The van der Waals surface area contributed by atoms with Gasteiger partial charge < -0.3 is 14.7 Å². The fraction of sp³-hybridized carbons (Fsp3) is 0.500. The predicted octanol–water partition coefficient (Wildman–Crippen LogP) is 1.97. The molecular weight excluding hydrogens is 249 g/mol. The van der Waals surface area contributed by atoms with Crippen molar-refractivity contribution in [2.75, 3.05) is 24.6 Å². The van der Waals surface area contributed by atoms with E-state index in [0.29, 0.717) is 18.8 Å². The highest BCUT2D eigenvalue weighted by atomic mass is 19.1. The monoisotopic (exact) mass is 269 g/mol. The summed E-state index contributed by atoms with van der Waals surface area (Å²) in [5, 5.41) is 9.84. The van der Waals surface area contributed by atoms with Gasteiger partial charge in [0, 0.05) is 18.8 Å². The number of halogens is 1. The first kappa shape index (κ1) is 15.4. The van der Waals surface area contributed by atoms with Crippen LogP contribution in [0.5, 0.6) is 0 Å². The summed E-state index contributed by atoms with van der Waals surface area (Å²) in [6.07, 6.45) is -0.887. The molecule has 0 saturated carbocycles. The summed E-state index contributed by atoms with van der Waals surface area (Å²) in [5.41, 5.74) is 0.686. The van der Waals surface area contributed by atoms with E-state index in [1.807, 2.05) is 11.8 Å². The van der Waals surface area contributed by atoms with Crippen LogP contribution in [0.15, 0.2) is 24.3 Å². The van der Waals surface area contributed by atoms with Crippen LogP contribution >= 0.6 is 0 Å². The van der Waals surface area contributed by atoms with Crippen molar-refractivity contribution in [2.24, 2.45) is 0 Å². The SMILES string of the molecule is CCOC(=O)CC(O)CN(CC)c1cccc(F)c1. The average Bonchev–Trinajstić information content (AvgIpc) is 2.36. The number of likely N-dealkylation sites (N-methyl/N-ethyl adjacent to an activating group) is 1. The van der Waals surface area contributed by atoms with E-state index in [0.717, 1.165) is 0 Å². The Bertz CT molecular complexity index is 411. The molecule has 0 spiro atoms. The molecule has 0 aliphatic rings. The van der Waals surface area contributed by atoms with Crippen LogP contribution in [0.4, 0.5) is 10.1 Å². The first-order valence-electron chi connectivity index (χ1n) is 6.41. The lowest BCUT2D eigenvalue weighted by Gasteiger charge is -2.25. The zero-order chi connectivity index (χ0) is 14.3. The number of hydrogen-bond acceptors (Lipinski definition) is 4. The normalized spacial score (nSPS) is 12.0. The van der Waals surface area contributed by atoms with Crippen LogP contribution in [0.1, 0.15) is 20.3 Å². The van der Waals surface area contributed by atoms with Crippen LogP contribution in [-0.4, -0.2) is 36.9 Å². The van der Waals surface area contributed by atoms with Gasteiger partial charge in [-0.25, -0.2) is 4.39 Å². The van der Waals surface area contributed by atoms with Gasteiger partial charge in [0.15, 0.2) is 0 Å². The number of ether oxygens (including phenoxy) is 1. The molecule has 1 rings (SSSR count). The first-order valence-corrected chi connectivity index (χ1v) is 6.41. The van der Waals surface area contributed by atoms with E-state index in [2.05, 4.69) is 0 Å². The van der Waals surface area contributed by atoms with Crippen molar-refractivity contribution in [1.82, 2.24) is 0 Å². The number of nitrogens with zero attached hydrogens (tertiary/aromatic N) is 1. The number of aliphatic hydroxyl groups is 1. The summed E-state index contributed by atoms with van der Waals surface area (Å²) in [6, 6.07) is 6.15. The van der Waals surface area contributed by atoms with Gasteiger partial charge in [0.05, 0.1) is 19.1 Å². The number of anilines is 1. The second kappa shape index (κ2) is 7.74. The van der Waals surface area contributed by atoms with Gasteiger partial charge in [0.2, 0.25) is 0 Å². The van der Waals surface area contributed by atoms with Crippen LogP contribution in [0.25, 0.3) is 0 Å². The Morgan fingerprint density at radius 2 is 2.21 bits per heavy atom. The van der Waals surface area contributed by atoms with E-state index in [1.54, 1.807) is 19.1 Å². The summed E-state index contributed by atoms with van der Waals surface area (Å²) in [5.74, 6) is -0.749. The minimum absolute atomic E-state index is 0.0559. The number of esters is 1. The molecule has 0 saturated heterocycles. The van der Waals surface area contributed by atoms with Crippen LogP contribution in [0.2, 0.25) is 0 Å². The lowest BCUT2D eigenvalue weighted by molar-refractivity contribution is -0.145. The molecule has 4 nitrogen and oxygen atoms in total. The van der Waals surface area contributed by atoms with Crippen molar-refractivity contribution in [3.8, 4) is 0 Å². The van der Waals surface area contributed by atoms with Gasteiger partial charge in [-0.2, -0.15) is 0 Å². The van der Waals surface area contributed by atoms with Gasteiger partial charge in [0.25, 0.3) is 0 Å². The Labute approximate surface area is 112 Å². The molecule has 0 radical (unpaired) electrons. The topological polar surface area (TPSA) is 49.8 Å². The second-order valence-corrected chi connectivity index (χ2v) is 4.18. The zero-order valence-electron chi connectivity index (χ0n) is 11.3. The summed E-state index contributed by atoms with van der Waals surface area (Å²) in [7, 11) is 0. The van der Waals surface area contributed by atoms with Crippen LogP contribution in [-0.2, 0) is 9.53 Å². The molecule has 0 aliphatic heterocycles. The van der Waals surface area contributed by atoms with Crippen LogP contribution < -0.4 is 4.90 Å². The van der Waals surface area contributed by atoms with E-state index in [4.69, 9.17) is 4.74 Å². The second-order valence-electron chi connectivity index (χ2n) is 4.18. The number of carbonyl (C=O) groups is 1. The van der Waals surface area contributed by atoms with Gasteiger partial charge in [0.1, 0.15) is 5.82 Å². The maximum absolute atomic E-state index is 13.1. The fourth-order valence-electron chi connectivity index (χ4n) is 1.82. The number of aliphatic hydroxyl groups excluding tert-OH is 1. The number of carbonyl (C=O) groups excluding carboxylic acids is 1. The van der Waals surface area contributed by atoms with E-state index in [9.17, 15) is 14.3 Å². The van der Waals surface area contributed by atoms with Gasteiger partial charge in [-0.1, -0.05) is 6.07 Å². The minimum atomic E-state index is -0.831. The Balaban J connectivity index is 2.59. The molecule has 0 aromatic heterocycles. The van der Waals surface area contributed by atoms with Crippen molar-refractivity contribution in [1.29, 1.82) is 0 Å². The van der Waals surface area contributed by atoms with Crippen molar-refractivity contribution >= 4 is 11.7 Å². The quantitative estimate of drug-likeness (QED) is 0.769. The average molecular weight is 269 g/mol. The Morgan fingerprint density at radius 1 is 1.47 bits per heavy atom. The summed E-state index contributed by atoms with van der Waals surface area (Å²) >= 11 is 0. The fourth-order valence-corrected chi connectivity index (χ4v) is 1.82. The van der Waals surface area contributed by atoms with Crippen molar-refractivity contribution in [3.05, 3.63) is 30.1 Å². The largest absolute Gasteiger partial charge is 0.466 e. The molecule has 1 aromatic rings. The molecular formula is C14H20FNO3. The van der Waals surface area contributed by atoms with Crippen molar-refractivity contribution in [2.45, 2.75) is 26.4 Å². The molecule has 0 bridgehead atoms. The highest BCUT2D eigenvalue weighted by Crippen LogP contribution is 2.16. The third-order valence-electron chi connectivity index (χ3n) is 2.69. The molecule has 0 fully saturated rings. The van der Waals surface area contributed by atoms with Crippen LogP contribution in [0.3, 0.4) is 0 Å². The van der Waals surface area contributed by atoms with E-state index < -0.39 is 12.1 Å². The van der Waals surface area contributed by atoms with Gasteiger partial charge in [-0.05, 0) is 32.0 Å². The standard InChI is InChI=1S/C14H20FNO3/c1-3-16(12-7-5-6-11(15)8-12)10-13(17)9-14(18)19-4-2/h5-8,13,17H,3-4,9-10H2,1-2H3. The predicted molar refractivity (Wildman–Crippen MR) is 71.5 cm³/mol. The number of hydrogen-bond donors (Lipinski definition) is 1. The molecule has 1 atom stereocenters. The third kappa shape index (κ3) is 5.26. The maximum atomic E-state index is 13.1. The Hall–Kier alpha value is -1.62. The highest BCUT2D eigenvalue weighted by molar-refractivity contribution is 5.70. The molecule has 1 unspecified atom stereocenters. The Morgan fingerprint density at radius 3 is 2.79 bits per heavy atom. The molecule has 106 valence electrons. The lowest BCUT2D eigenvalue weighted by Crippen LogP contribution is -2.34. The van der Waals surface area contributed by atoms with E-state index >= 15 is 0 Å². The molecule has 5 heteroatoms. The zero-order valence-corrected chi connectivity index (χ0v) is 11.3. The number of rotatable bonds is 7. The molecule has 0 heterocycles. The molecule has 0 aliphatic carbocycles. The van der Waals surface area contributed by atoms with Gasteiger partial charge in [-0.3, -0.25) is 4.79 Å². The lowest BCUT2D eigenvalue weighted by atomic mass is 10.2. The smallest absolute Gasteiger partial charge is 0.308 e. The first-order chi connectivity index (χ1) is 9.06.